The number of benzene rings is 1. The molecule has 0 radical (unpaired) electrons. The monoisotopic (exact) mass is 605 g/mol. The number of H-pyrrole nitrogens is 1. The summed E-state index contributed by atoms with van der Waals surface area (Å²) in [6, 6.07) is 3.26. The second kappa shape index (κ2) is 11.1. The highest BCUT2D eigenvalue weighted by Crippen LogP contribution is 2.44. The summed E-state index contributed by atoms with van der Waals surface area (Å²) in [5.41, 5.74) is 7.12. The van der Waals surface area contributed by atoms with E-state index in [1.54, 1.807) is 0 Å². The van der Waals surface area contributed by atoms with Gasteiger partial charge >= 0.3 is 6.18 Å². The van der Waals surface area contributed by atoms with Crippen molar-refractivity contribution in [1.29, 1.82) is 0 Å². The van der Waals surface area contributed by atoms with Crippen molar-refractivity contribution in [1.82, 2.24) is 24.8 Å². The zero-order valence-corrected chi connectivity index (χ0v) is 25.0. The lowest BCUT2D eigenvalue weighted by Crippen LogP contribution is -2.49. The Balaban J connectivity index is 1.03. The number of imidazole rings is 1. The van der Waals surface area contributed by atoms with Crippen LogP contribution in [0, 0.1) is 11.8 Å². The highest BCUT2D eigenvalue weighted by molar-refractivity contribution is 6.32. The molecule has 228 valence electrons. The molecule has 1 aliphatic heterocycles. The average molecular weight is 606 g/mol. The van der Waals surface area contributed by atoms with Crippen molar-refractivity contribution in [3.63, 3.8) is 0 Å². The maximum atomic E-state index is 13.2. The molecule has 42 heavy (non-hydrogen) atoms. The minimum atomic E-state index is -4.50. The molecule has 1 unspecified atom stereocenters. The van der Waals surface area contributed by atoms with Crippen molar-refractivity contribution in [3.05, 3.63) is 40.4 Å². The average Bonchev–Trinajstić information content (AvgIpc) is 3.55. The Labute approximate surface area is 248 Å². The van der Waals surface area contributed by atoms with Crippen LogP contribution in [-0.4, -0.2) is 67.3 Å². The van der Waals surface area contributed by atoms with Crippen LogP contribution < -0.4 is 10.6 Å². The summed E-state index contributed by atoms with van der Waals surface area (Å²) in [6.45, 7) is 8.37. The number of hydrogen-bond donors (Lipinski definition) is 3. The van der Waals surface area contributed by atoms with Crippen molar-refractivity contribution >= 4 is 34.3 Å². The number of alkyl halides is 3. The molecule has 3 aliphatic rings. The van der Waals surface area contributed by atoms with E-state index in [-0.39, 0.29) is 17.0 Å². The molecular weight excluding hydrogens is 567 g/mol. The van der Waals surface area contributed by atoms with Crippen molar-refractivity contribution < 1.29 is 18.3 Å². The van der Waals surface area contributed by atoms with E-state index < -0.39 is 17.8 Å². The zero-order chi connectivity index (χ0) is 29.9. The fraction of sp³-hybridized carbons (Fsp3) is 0.633. The van der Waals surface area contributed by atoms with Crippen molar-refractivity contribution in [3.8, 4) is 0 Å². The summed E-state index contributed by atoms with van der Waals surface area (Å²) in [6.07, 6.45) is 2.11. The fourth-order valence-electron chi connectivity index (χ4n) is 7.49. The second-order valence-electron chi connectivity index (χ2n) is 12.9. The Morgan fingerprint density at radius 2 is 1.93 bits per heavy atom. The molecule has 8 nitrogen and oxygen atoms in total. The van der Waals surface area contributed by atoms with Gasteiger partial charge < -0.3 is 20.7 Å². The van der Waals surface area contributed by atoms with Crippen molar-refractivity contribution in [2.45, 2.75) is 95.6 Å². The molecule has 2 aromatic heterocycles. The van der Waals surface area contributed by atoms with E-state index in [1.807, 2.05) is 0 Å². The van der Waals surface area contributed by atoms with Crippen LogP contribution in [0.5, 0.6) is 0 Å². The smallest absolute Gasteiger partial charge is 0.391 e. The number of nitrogens with two attached hydrogens (primary N) is 1. The van der Waals surface area contributed by atoms with Gasteiger partial charge in [-0.3, -0.25) is 4.90 Å². The minimum Gasteiger partial charge on any atom is -0.391 e. The number of aliphatic hydroxyl groups excluding tert-OH is 1. The minimum absolute atomic E-state index is 0.0297. The first kappa shape index (κ1) is 29.4. The molecule has 1 aromatic carbocycles. The van der Waals surface area contributed by atoms with Crippen LogP contribution >= 0.6 is 11.6 Å². The van der Waals surface area contributed by atoms with Crippen LogP contribution in [-0.2, 0) is 12.6 Å². The predicted molar refractivity (Wildman–Crippen MR) is 158 cm³/mol. The number of aryl methyl sites for hydroxylation is 1. The van der Waals surface area contributed by atoms with E-state index in [4.69, 9.17) is 17.3 Å². The molecule has 0 bridgehead atoms. The quantitative estimate of drug-likeness (QED) is 0.298. The normalized spacial score (nSPS) is 27.8. The molecule has 2 fully saturated rings. The van der Waals surface area contributed by atoms with Gasteiger partial charge in [0.05, 0.1) is 33.8 Å². The first-order valence-electron chi connectivity index (χ1n) is 14.9. The number of fused-ring (bicyclic) bond motifs is 2. The Bertz CT molecular complexity index is 1440. The second-order valence-corrected chi connectivity index (χ2v) is 13.3. The number of nitrogens with zero attached hydrogens (tertiary/aromatic N) is 5. The predicted octanol–water partition coefficient (Wildman–Crippen LogP) is 5.79. The molecule has 6 rings (SSSR count). The number of nitrogen functional groups attached to an aromatic ring is 1. The van der Waals surface area contributed by atoms with E-state index in [0.29, 0.717) is 53.0 Å². The number of aromatic amines is 1. The number of aromatic nitrogens is 4. The molecule has 3 heterocycles. The molecule has 0 saturated heterocycles. The number of nitrogens with one attached hydrogen (secondary N) is 1. The molecule has 0 spiro atoms. The lowest BCUT2D eigenvalue weighted by Gasteiger charge is -2.46. The summed E-state index contributed by atoms with van der Waals surface area (Å²) in [4.78, 5) is 21.1. The van der Waals surface area contributed by atoms with Gasteiger partial charge in [0, 0.05) is 43.1 Å². The molecule has 0 amide bonds. The van der Waals surface area contributed by atoms with E-state index >= 15 is 0 Å². The van der Waals surface area contributed by atoms with Crippen LogP contribution in [0.25, 0.3) is 11.0 Å². The largest absolute Gasteiger partial charge is 0.417 e. The maximum Gasteiger partial charge on any atom is 0.417 e. The Kier molecular flexibility index (Phi) is 7.81. The van der Waals surface area contributed by atoms with Gasteiger partial charge in [-0.05, 0) is 69.9 Å². The Morgan fingerprint density at radius 1 is 1.17 bits per heavy atom. The summed E-state index contributed by atoms with van der Waals surface area (Å²) in [7, 11) is 0. The van der Waals surface area contributed by atoms with Crippen LogP contribution in [0.4, 0.5) is 24.8 Å². The highest BCUT2D eigenvalue weighted by Gasteiger charge is 2.44. The fourth-order valence-corrected chi connectivity index (χ4v) is 7.76. The van der Waals surface area contributed by atoms with Crippen molar-refractivity contribution in [2.24, 2.45) is 11.8 Å². The Morgan fingerprint density at radius 3 is 2.64 bits per heavy atom. The highest BCUT2D eigenvalue weighted by atomic mass is 35.5. The number of halogens is 4. The maximum absolute atomic E-state index is 13.2. The van der Waals surface area contributed by atoms with Crippen molar-refractivity contribution in [2.75, 3.05) is 23.7 Å². The lowest BCUT2D eigenvalue weighted by atomic mass is 9.76. The first-order valence-corrected chi connectivity index (χ1v) is 15.3. The topological polar surface area (TPSA) is 107 Å². The van der Waals surface area contributed by atoms with E-state index in [0.717, 1.165) is 62.6 Å². The van der Waals surface area contributed by atoms with Gasteiger partial charge in [0.25, 0.3) is 0 Å². The molecule has 2 saturated carbocycles. The third-order valence-electron chi connectivity index (χ3n) is 9.65. The van der Waals surface area contributed by atoms with E-state index in [9.17, 15) is 18.3 Å². The number of aliphatic hydroxyl groups is 1. The van der Waals surface area contributed by atoms with Crippen LogP contribution in [0.2, 0.25) is 5.02 Å². The van der Waals surface area contributed by atoms with Gasteiger partial charge in [-0.25, -0.2) is 15.0 Å². The third-order valence-corrected chi connectivity index (χ3v) is 9.96. The summed E-state index contributed by atoms with van der Waals surface area (Å²) < 4.78 is 39.7. The molecule has 4 atom stereocenters. The van der Waals surface area contributed by atoms with Crippen LogP contribution in [0.1, 0.15) is 75.7 Å². The van der Waals surface area contributed by atoms with Crippen LogP contribution in [0.3, 0.4) is 0 Å². The van der Waals surface area contributed by atoms with E-state index in [2.05, 4.69) is 50.5 Å². The van der Waals surface area contributed by atoms with Gasteiger partial charge in [0.1, 0.15) is 23.8 Å². The third kappa shape index (κ3) is 5.55. The van der Waals surface area contributed by atoms with Gasteiger partial charge in [-0.15, -0.1) is 0 Å². The van der Waals surface area contributed by atoms with Gasteiger partial charge in [-0.2, -0.15) is 13.2 Å². The zero-order valence-electron chi connectivity index (χ0n) is 24.2. The van der Waals surface area contributed by atoms with Gasteiger partial charge in [-0.1, -0.05) is 18.5 Å². The molecule has 4 N–H and O–H groups in total. The SMILES string of the molecule is CC1CN([C@@H]2C[C@H](CN(C(C)C)C3CC(CCc4nc5cc(Cl)c(C(F)(F)F)cc5[nH]4)C3)C[C@H]2O)c2ncnc(N)c21. The number of rotatable bonds is 8. The Hall–Kier alpha value is -2.63. The molecule has 3 aromatic rings. The summed E-state index contributed by atoms with van der Waals surface area (Å²) in [5, 5.41) is 10.8. The molecular formula is C30H39ClF3N7O. The molecule has 12 heteroatoms. The summed E-state index contributed by atoms with van der Waals surface area (Å²) in [5.74, 6) is 3.28. The number of hydrogen-bond acceptors (Lipinski definition) is 7. The van der Waals surface area contributed by atoms with Gasteiger partial charge in [0.2, 0.25) is 0 Å². The van der Waals surface area contributed by atoms with Gasteiger partial charge in [0.15, 0.2) is 0 Å². The standard InChI is InChI=1S/C30H39ClF3N7O/c1-15(2)40(13-18-8-24(25(42)9-18)41-12-16(3)27-28(35)36-14-37-29(27)41)19-6-17(7-19)4-5-26-38-22-10-20(30(32,33)34)21(31)11-23(22)39-26/h10-11,14-19,24-25,42H,4-9,12-13H2,1-3H3,(H,38,39)(H2,35,36,37)/t16?,17?,18-,19?,24+,25+/m0/s1. The van der Waals surface area contributed by atoms with Crippen LogP contribution in [0.15, 0.2) is 18.5 Å². The first-order chi connectivity index (χ1) is 19.9. The number of anilines is 2. The molecule has 2 aliphatic carbocycles. The lowest BCUT2D eigenvalue weighted by molar-refractivity contribution is -0.137. The van der Waals surface area contributed by atoms with E-state index in [1.165, 1.54) is 12.4 Å². The summed E-state index contributed by atoms with van der Waals surface area (Å²) >= 11 is 5.86.